The zero-order valence-corrected chi connectivity index (χ0v) is 11.1. The Bertz CT molecular complexity index is 380. The highest BCUT2D eigenvalue weighted by molar-refractivity contribution is 5.30. The van der Waals surface area contributed by atoms with Crippen LogP contribution in [-0.4, -0.2) is 25.5 Å². The lowest BCUT2D eigenvalue weighted by molar-refractivity contribution is 0.438. The van der Waals surface area contributed by atoms with E-state index in [4.69, 9.17) is 0 Å². The molecule has 0 saturated carbocycles. The molecule has 0 aliphatic heterocycles. The first-order valence-corrected chi connectivity index (χ1v) is 6.61. The molecule has 0 aromatic heterocycles. The lowest BCUT2D eigenvalue weighted by atomic mass is 9.91. The topological polar surface area (TPSA) is 3.24 Å². The maximum Gasteiger partial charge on any atom is 0.0190 e. The molecule has 0 amide bonds. The Morgan fingerprint density at radius 3 is 2.24 bits per heavy atom. The molecule has 0 aromatic carbocycles. The Balaban J connectivity index is 1.91. The van der Waals surface area contributed by atoms with Crippen molar-refractivity contribution in [3.63, 3.8) is 0 Å². The minimum absolute atomic E-state index is 1.11. The standard InChI is InChI=1S/C16H23N/c1-17(2)13-16-10-8-15(9-11-16)12-14-6-4-3-5-7-14/h3-4,6,8,10H,5,7,9,11-13H2,1-2H3. The van der Waals surface area contributed by atoms with Crippen LogP contribution in [0.2, 0.25) is 0 Å². The molecule has 0 saturated heterocycles. The molecule has 17 heavy (non-hydrogen) atoms. The van der Waals surface area contributed by atoms with Gasteiger partial charge in [-0.25, -0.2) is 0 Å². The van der Waals surface area contributed by atoms with E-state index in [1.54, 1.807) is 16.7 Å². The predicted molar refractivity (Wildman–Crippen MR) is 75.0 cm³/mol. The summed E-state index contributed by atoms with van der Waals surface area (Å²) in [6, 6.07) is 0. The first-order valence-electron chi connectivity index (χ1n) is 6.61. The molecule has 0 atom stereocenters. The SMILES string of the molecule is CN(C)CC1=CC=C(CC2=CC=CCC2)CC1. The number of hydrogen-bond donors (Lipinski definition) is 0. The van der Waals surface area contributed by atoms with Crippen LogP contribution in [0, 0.1) is 0 Å². The van der Waals surface area contributed by atoms with Gasteiger partial charge in [-0.1, -0.05) is 47.1 Å². The maximum atomic E-state index is 2.35. The van der Waals surface area contributed by atoms with Crippen LogP contribution in [0.3, 0.4) is 0 Å². The molecule has 2 aliphatic rings. The van der Waals surface area contributed by atoms with Crippen LogP contribution in [0.5, 0.6) is 0 Å². The van der Waals surface area contributed by atoms with E-state index in [1.807, 2.05) is 0 Å². The summed E-state index contributed by atoms with van der Waals surface area (Å²) < 4.78 is 0. The number of nitrogens with zero attached hydrogens (tertiary/aromatic N) is 1. The van der Waals surface area contributed by atoms with Gasteiger partial charge >= 0.3 is 0 Å². The van der Waals surface area contributed by atoms with Crippen LogP contribution >= 0.6 is 0 Å². The highest BCUT2D eigenvalue weighted by atomic mass is 15.0. The molecule has 1 nitrogen and oxygen atoms in total. The Labute approximate surface area is 105 Å². The smallest absolute Gasteiger partial charge is 0.0190 e. The zero-order chi connectivity index (χ0) is 12.1. The molecule has 2 aliphatic carbocycles. The number of likely N-dealkylation sites (N-methyl/N-ethyl adjacent to an activating group) is 1. The third-order valence-corrected chi connectivity index (χ3v) is 3.40. The molecule has 0 unspecified atom stereocenters. The molecular weight excluding hydrogens is 206 g/mol. The van der Waals surface area contributed by atoms with Crippen molar-refractivity contribution in [2.45, 2.75) is 32.1 Å². The fourth-order valence-electron chi connectivity index (χ4n) is 2.50. The van der Waals surface area contributed by atoms with E-state index < -0.39 is 0 Å². The maximum absolute atomic E-state index is 2.35. The first kappa shape index (κ1) is 12.4. The Morgan fingerprint density at radius 2 is 1.65 bits per heavy atom. The van der Waals surface area contributed by atoms with Crippen molar-refractivity contribution in [3.8, 4) is 0 Å². The summed E-state index contributed by atoms with van der Waals surface area (Å²) in [5.41, 5.74) is 4.77. The minimum Gasteiger partial charge on any atom is -0.305 e. The van der Waals surface area contributed by atoms with E-state index in [0.29, 0.717) is 0 Å². The van der Waals surface area contributed by atoms with Crippen LogP contribution in [0.25, 0.3) is 0 Å². The molecule has 0 N–H and O–H groups in total. The molecule has 0 aromatic rings. The molecule has 0 radical (unpaired) electrons. The van der Waals surface area contributed by atoms with Gasteiger partial charge in [0.05, 0.1) is 0 Å². The Kier molecular flexibility index (Phi) is 4.38. The Hall–Kier alpha value is -1.08. The van der Waals surface area contributed by atoms with Crippen LogP contribution < -0.4 is 0 Å². The lowest BCUT2D eigenvalue weighted by Crippen LogP contribution is -2.16. The summed E-state index contributed by atoms with van der Waals surface area (Å²) in [6.45, 7) is 1.11. The second kappa shape index (κ2) is 6.02. The summed E-state index contributed by atoms with van der Waals surface area (Å²) in [5, 5.41) is 0. The van der Waals surface area contributed by atoms with Crippen molar-refractivity contribution >= 4 is 0 Å². The zero-order valence-electron chi connectivity index (χ0n) is 11.1. The van der Waals surface area contributed by atoms with Crippen molar-refractivity contribution < 1.29 is 0 Å². The Morgan fingerprint density at radius 1 is 0.941 bits per heavy atom. The van der Waals surface area contributed by atoms with Crippen molar-refractivity contribution in [2.24, 2.45) is 0 Å². The van der Waals surface area contributed by atoms with Gasteiger partial charge in [0, 0.05) is 6.54 Å². The normalized spacial score (nSPS) is 20.1. The third kappa shape index (κ3) is 4.01. The summed E-state index contributed by atoms with van der Waals surface area (Å²) >= 11 is 0. The van der Waals surface area contributed by atoms with E-state index in [9.17, 15) is 0 Å². The van der Waals surface area contributed by atoms with Gasteiger partial charge in [0.2, 0.25) is 0 Å². The van der Waals surface area contributed by atoms with E-state index in [2.05, 4.69) is 49.4 Å². The van der Waals surface area contributed by atoms with Gasteiger partial charge in [-0.05, 0) is 46.2 Å². The molecule has 1 heteroatoms. The average molecular weight is 229 g/mol. The summed E-state index contributed by atoms with van der Waals surface area (Å²) in [7, 11) is 4.28. The van der Waals surface area contributed by atoms with Crippen molar-refractivity contribution in [3.05, 3.63) is 47.1 Å². The van der Waals surface area contributed by atoms with Crippen LogP contribution in [0.15, 0.2) is 47.1 Å². The van der Waals surface area contributed by atoms with Crippen molar-refractivity contribution in [1.29, 1.82) is 0 Å². The second-order valence-electron chi connectivity index (χ2n) is 5.36. The highest BCUT2D eigenvalue weighted by Crippen LogP contribution is 2.26. The fraction of sp³-hybridized carbons (Fsp3) is 0.500. The molecule has 2 rings (SSSR count). The van der Waals surface area contributed by atoms with Crippen LogP contribution in [-0.2, 0) is 0 Å². The first-order chi connectivity index (χ1) is 8.24. The van der Waals surface area contributed by atoms with Crippen LogP contribution in [0.4, 0.5) is 0 Å². The van der Waals surface area contributed by atoms with E-state index in [0.717, 1.165) is 6.54 Å². The monoisotopic (exact) mass is 229 g/mol. The van der Waals surface area contributed by atoms with E-state index >= 15 is 0 Å². The fourth-order valence-corrected chi connectivity index (χ4v) is 2.50. The quantitative estimate of drug-likeness (QED) is 0.707. The molecule has 0 bridgehead atoms. The van der Waals surface area contributed by atoms with Gasteiger partial charge in [-0.2, -0.15) is 0 Å². The summed E-state index contributed by atoms with van der Waals surface area (Å²) in [4.78, 5) is 2.25. The average Bonchev–Trinajstić information content (AvgIpc) is 2.32. The summed E-state index contributed by atoms with van der Waals surface area (Å²) in [6.07, 6.45) is 17.6. The highest BCUT2D eigenvalue weighted by Gasteiger charge is 2.09. The van der Waals surface area contributed by atoms with E-state index in [1.165, 1.54) is 32.1 Å². The third-order valence-electron chi connectivity index (χ3n) is 3.40. The van der Waals surface area contributed by atoms with Crippen LogP contribution in [0.1, 0.15) is 32.1 Å². The van der Waals surface area contributed by atoms with Gasteiger partial charge in [-0.3, -0.25) is 0 Å². The molecule has 0 spiro atoms. The molecule has 0 fully saturated rings. The summed E-state index contributed by atoms with van der Waals surface area (Å²) in [5.74, 6) is 0. The minimum atomic E-state index is 1.11. The second-order valence-corrected chi connectivity index (χ2v) is 5.36. The molecule has 0 heterocycles. The largest absolute Gasteiger partial charge is 0.305 e. The van der Waals surface area contributed by atoms with Gasteiger partial charge < -0.3 is 4.90 Å². The van der Waals surface area contributed by atoms with Crippen molar-refractivity contribution in [2.75, 3.05) is 20.6 Å². The van der Waals surface area contributed by atoms with Gasteiger partial charge in [0.1, 0.15) is 0 Å². The number of allylic oxidation sites excluding steroid dienone is 7. The van der Waals surface area contributed by atoms with E-state index in [-0.39, 0.29) is 0 Å². The number of hydrogen-bond acceptors (Lipinski definition) is 1. The number of rotatable bonds is 4. The molecule has 92 valence electrons. The van der Waals surface area contributed by atoms with Gasteiger partial charge in [-0.15, -0.1) is 0 Å². The lowest BCUT2D eigenvalue weighted by Gasteiger charge is -2.19. The predicted octanol–water partition coefficient (Wildman–Crippen LogP) is 3.86. The molecular formula is C16H23N. The van der Waals surface area contributed by atoms with Gasteiger partial charge in [0.15, 0.2) is 0 Å². The van der Waals surface area contributed by atoms with Crippen molar-refractivity contribution in [1.82, 2.24) is 4.90 Å². The van der Waals surface area contributed by atoms with Gasteiger partial charge in [0.25, 0.3) is 0 Å².